The lowest BCUT2D eigenvalue weighted by Gasteiger charge is -2.24. The van der Waals surface area contributed by atoms with E-state index >= 15 is 0 Å². The molecule has 0 aliphatic heterocycles. The van der Waals surface area contributed by atoms with Gasteiger partial charge in [0.05, 0.1) is 17.4 Å². The molecule has 0 aliphatic rings. The summed E-state index contributed by atoms with van der Waals surface area (Å²) >= 11 is 0.985. The van der Waals surface area contributed by atoms with Crippen molar-refractivity contribution >= 4 is 17.3 Å². The summed E-state index contributed by atoms with van der Waals surface area (Å²) < 4.78 is 17.0. The van der Waals surface area contributed by atoms with Crippen LogP contribution in [0.25, 0.3) is 0 Å². The van der Waals surface area contributed by atoms with Crippen LogP contribution in [0.5, 0.6) is 17.4 Å². The summed E-state index contributed by atoms with van der Waals surface area (Å²) in [5.41, 5.74) is 1.05. The van der Waals surface area contributed by atoms with Gasteiger partial charge in [-0.05, 0) is 56.2 Å². The van der Waals surface area contributed by atoms with Gasteiger partial charge in [0.25, 0.3) is 0 Å². The van der Waals surface area contributed by atoms with Crippen molar-refractivity contribution in [2.45, 2.75) is 33.3 Å². The minimum Gasteiger partial charge on any atom is -0.497 e. The van der Waals surface area contributed by atoms with Crippen LogP contribution in [0, 0.1) is 5.41 Å². The number of nitrogens with one attached hydrogen (secondary N) is 1. The van der Waals surface area contributed by atoms with Crippen LogP contribution in [-0.4, -0.2) is 29.8 Å². The zero-order valence-corrected chi connectivity index (χ0v) is 19.3. The second kappa shape index (κ2) is 9.91. The minimum absolute atomic E-state index is 0.0953. The highest BCUT2D eigenvalue weighted by Gasteiger charge is 2.28. The number of thiazole rings is 1. The molecule has 1 aromatic heterocycles. The summed E-state index contributed by atoms with van der Waals surface area (Å²) in [6.07, 6.45) is -0.170. The van der Waals surface area contributed by atoms with Crippen LogP contribution < -0.4 is 14.3 Å². The van der Waals surface area contributed by atoms with E-state index in [1.165, 1.54) is 0 Å². The predicted molar refractivity (Wildman–Crippen MR) is 123 cm³/mol. The van der Waals surface area contributed by atoms with E-state index < -0.39 is 11.5 Å². The van der Waals surface area contributed by atoms with Crippen molar-refractivity contribution in [2.75, 3.05) is 13.7 Å². The molecule has 170 valence electrons. The molecule has 0 fully saturated rings. The molecule has 1 heterocycles. The lowest BCUT2D eigenvalue weighted by atomic mass is 9.97. The number of carbonyl (C=O) groups is 1. The number of rotatable bonds is 8. The molecule has 0 saturated heterocycles. The Morgan fingerprint density at radius 3 is 2.44 bits per heavy atom. The summed E-state index contributed by atoms with van der Waals surface area (Å²) in [6.45, 7) is 5.54. The van der Waals surface area contributed by atoms with Crippen LogP contribution in [0.1, 0.15) is 42.9 Å². The van der Waals surface area contributed by atoms with Crippen molar-refractivity contribution in [1.82, 2.24) is 4.98 Å². The average molecular weight is 458 g/mol. The quantitative estimate of drug-likeness (QED) is 0.485. The molecule has 0 amide bonds. The fourth-order valence-corrected chi connectivity index (χ4v) is 3.64. The third kappa shape index (κ3) is 6.13. The van der Waals surface area contributed by atoms with Crippen molar-refractivity contribution in [3.05, 3.63) is 74.2 Å². The number of esters is 1. The van der Waals surface area contributed by atoms with E-state index in [1.807, 2.05) is 36.4 Å². The fourth-order valence-electron chi connectivity index (χ4n) is 2.88. The monoisotopic (exact) mass is 457 g/mol. The van der Waals surface area contributed by atoms with Crippen molar-refractivity contribution in [1.29, 1.82) is 0 Å². The van der Waals surface area contributed by atoms with Crippen LogP contribution in [0.4, 0.5) is 0 Å². The summed E-state index contributed by atoms with van der Waals surface area (Å²) in [5, 5.41) is 9.75. The summed E-state index contributed by atoms with van der Waals surface area (Å²) in [6, 6.07) is 14.7. The van der Waals surface area contributed by atoms with E-state index in [2.05, 4.69) is 4.98 Å². The molecule has 0 aliphatic carbocycles. The Bertz CT molecular complexity index is 1110. The van der Waals surface area contributed by atoms with Crippen LogP contribution in [-0.2, 0) is 16.0 Å². The summed E-state index contributed by atoms with van der Waals surface area (Å²) in [7, 11) is 1.58. The van der Waals surface area contributed by atoms with E-state index in [4.69, 9.17) is 14.2 Å². The number of carbonyl (C=O) groups excluding carboxylic acids is 1. The van der Waals surface area contributed by atoms with Gasteiger partial charge in [-0.3, -0.25) is 14.6 Å². The molecule has 3 rings (SSSR count). The molecular formula is C24H27NO6S. The highest BCUT2D eigenvalue weighted by Crippen LogP contribution is 2.28. The number of H-pyrrole nitrogens is 1. The third-order valence-electron chi connectivity index (χ3n) is 4.72. The Hall–Kier alpha value is -3.26. The minimum atomic E-state index is -0.645. The van der Waals surface area contributed by atoms with Crippen molar-refractivity contribution in [3.63, 3.8) is 0 Å². The molecule has 2 aromatic carbocycles. The molecule has 0 radical (unpaired) electrons. The first kappa shape index (κ1) is 23.4. The van der Waals surface area contributed by atoms with Gasteiger partial charge < -0.3 is 19.3 Å². The Morgan fingerprint density at radius 1 is 1.12 bits per heavy atom. The van der Waals surface area contributed by atoms with E-state index in [0.29, 0.717) is 22.8 Å². The van der Waals surface area contributed by atoms with E-state index in [9.17, 15) is 14.7 Å². The van der Waals surface area contributed by atoms with Gasteiger partial charge in [0, 0.05) is 6.42 Å². The lowest BCUT2D eigenvalue weighted by Crippen LogP contribution is -2.27. The molecule has 32 heavy (non-hydrogen) atoms. The molecule has 1 unspecified atom stereocenters. The van der Waals surface area contributed by atoms with Gasteiger partial charge >= 0.3 is 10.8 Å². The van der Waals surface area contributed by atoms with Gasteiger partial charge in [0.2, 0.25) is 5.88 Å². The molecule has 8 heteroatoms. The zero-order valence-electron chi connectivity index (χ0n) is 18.5. The number of aromatic amines is 1. The van der Waals surface area contributed by atoms with Gasteiger partial charge in [0.1, 0.15) is 18.1 Å². The number of aromatic hydroxyl groups is 1. The van der Waals surface area contributed by atoms with E-state index in [-0.39, 0.29) is 23.3 Å². The van der Waals surface area contributed by atoms with E-state index in [1.54, 1.807) is 40.0 Å². The number of methoxy groups -OCH3 is 1. The van der Waals surface area contributed by atoms with Gasteiger partial charge in [-0.1, -0.05) is 35.6 Å². The molecule has 0 bridgehead atoms. The standard InChI is InChI=1S/C24H27NO6S/c1-24(2,3)22(27)31-19(16-6-5-7-18(13-16)29-4)14-30-17-10-8-15(9-11-17)12-20-21(26)25-23(28)32-20/h5-11,13,19,26H,12,14H2,1-4H3,(H,25,28). The Labute approximate surface area is 190 Å². The summed E-state index contributed by atoms with van der Waals surface area (Å²) in [4.78, 5) is 26.5. The Morgan fingerprint density at radius 2 is 1.84 bits per heavy atom. The Balaban J connectivity index is 1.71. The van der Waals surface area contributed by atoms with Crippen molar-refractivity contribution < 1.29 is 24.1 Å². The smallest absolute Gasteiger partial charge is 0.311 e. The number of hydrogen-bond donors (Lipinski definition) is 2. The SMILES string of the molecule is COc1cccc(C(COc2ccc(Cc3sc(=O)[nH]c3O)cc2)OC(=O)C(C)(C)C)c1. The lowest BCUT2D eigenvalue weighted by molar-refractivity contribution is -0.160. The summed E-state index contributed by atoms with van der Waals surface area (Å²) in [5.74, 6) is 0.857. The van der Waals surface area contributed by atoms with Crippen molar-refractivity contribution in [2.24, 2.45) is 5.41 Å². The highest BCUT2D eigenvalue weighted by molar-refractivity contribution is 7.09. The number of aromatic nitrogens is 1. The maximum absolute atomic E-state index is 12.5. The predicted octanol–water partition coefficient (Wildman–Crippen LogP) is 4.45. The number of ether oxygens (including phenoxy) is 3. The second-order valence-electron chi connectivity index (χ2n) is 8.34. The van der Waals surface area contributed by atoms with Crippen LogP contribution in [0.15, 0.2) is 53.3 Å². The molecule has 7 nitrogen and oxygen atoms in total. The third-order valence-corrected chi connectivity index (χ3v) is 5.59. The maximum Gasteiger partial charge on any atom is 0.311 e. The van der Waals surface area contributed by atoms with Gasteiger partial charge in [-0.2, -0.15) is 0 Å². The largest absolute Gasteiger partial charge is 0.497 e. The first-order valence-electron chi connectivity index (χ1n) is 10.1. The topological polar surface area (TPSA) is 97.8 Å². The first-order chi connectivity index (χ1) is 15.2. The van der Waals surface area contributed by atoms with Crippen LogP contribution in [0.2, 0.25) is 0 Å². The second-order valence-corrected chi connectivity index (χ2v) is 9.41. The zero-order chi connectivity index (χ0) is 23.3. The molecule has 1 atom stereocenters. The van der Waals surface area contributed by atoms with Crippen LogP contribution >= 0.6 is 11.3 Å². The molecule has 0 saturated carbocycles. The van der Waals surface area contributed by atoms with Gasteiger partial charge in [-0.25, -0.2) is 0 Å². The highest BCUT2D eigenvalue weighted by atomic mass is 32.1. The van der Waals surface area contributed by atoms with Gasteiger partial charge in [0.15, 0.2) is 6.10 Å². The normalized spacial score (nSPS) is 12.2. The molecule has 2 N–H and O–H groups in total. The molecular weight excluding hydrogens is 430 g/mol. The van der Waals surface area contributed by atoms with Crippen LogP contribution in [0.3, 0.4) is 0 Å². The molecule has 3 aromatic rings. The van der Waals surface area contributed by atoms with Crippen molar-refractivity contribution in [3.8, 4) is 17.4 Å². The number of hydrogen-bond acceptors (Lipinski definition) is 7. The average Bonchev–Trinajstić information content (AvgIpc) is 3.07. The fraction of sp³-hybridized carbons (Fsp3) is 0.333. The first-order valence-corrected chi connectivity index (χ1v) is 10.9. The van der Waals surface area contributed by atoms with E-state index in [0.717, 1.165) is 22.5 Å². The maximum atomic E-state index is 12.5. The number of benzene rings is 2. The van der Waals surface area contributed by atoms with Gasteiger partial charge in [-0.15, -0.1) is 0 Å². The Kier molecular flexibility index (Phi) is 7.25. The molecule has 0 spiro atoms.